The standard InChI is InChI=1S/C16H16F2N.Y/c1-11-4-7-14(8-5-11)15-9-6-12(2)13(3)19(15)10-16(17)18;/h4-8,16H,3,10H2,1-2H3;/q-1;. The van der Waals surface area contributed by atoms with E-state index in [0.29, 0.717) is 11.4 Å². The third-order valence-corrected chi connectivity index (χ3v) is 3.12. The number of nitrogens with zero attached hydrogens (tertiary/aromatic N) is 1. The summed E-state index contributed by atoms with van der Waals surface area (Å²) in [5, 5.41) is 0. The van der Waals surface area contributed by atoms with Crippen LogP contribution in [0.15, 0.2) is 48.2 Å². The van der Waals surface area contributed by atoms with Crippen molar-refractivity contribution in [3.63, 3.8) is 0 Å². The van der Waals surface area contributed by atoms with E-state index in [4.69, 9.17) is 0 Å². The van der Waals surface area contributed by atoms with E-state index in [2.05, 4.69) is 12.7 Å². The van der Waals surface area contributed by atoms with Crippen molar-refractivity contribution < 1.29 is 41.5 Å². The summed E-state index contributed by atoms with van der Waals surface area (Å²) >= 11 is 0. The zero-order valence-electron chi connectivity index (χ0n) is 11.7. The summed E-state index contributed by atoms with van der Waals surface area (Å²) in [5.41, 5.74) is 4.12. The molecule has 4 heteroatoms. The predicted octanol–water partition coefficient (Wildman–Crippen LogP) is 4.18. The van der Waals surface area contributed by atoms with Crippen molar-refractivity contribution >= 4 is 5.70 Å². The van der Waals surface area contributed by atoms with Crippen molar-refractivity contribution in [2.45, 2.75) is 20.3 Å². The number of aryl methyl sites for hydroxylation is 1. The number of halogens is 2. The first-order chi connectivity index (χ1) is 8.99. The SMILES string of the molecule is C=C1C(C)=C[C-]=C(c2ccc(C)cc2)N1CC(F)F.[Y]. The van der Waals surface area contributed by atoms with Crippen LogP contribution in [0.3, 0.4) is 0 Å². The van der Waals surface area contributed by atoms with Gasteiger partial charge in [-0.1, -0.05) is 42.5 Å². The molecule has 2 rings (SSSR count). The zero-order valence-corrected chi connectivity index (χ0v) is 14.5. The molecule has 0 atom stereocenters. The average Bonchev–Trinajstić information content (AvgIpc) is 2.36. The summed E-state index contributed by atoms with van der Waals surface area (Å²) in [7, 11) is 0. The zero-order chi connectivity index (χ0) is 14.0. The minimum absolute atomic E-state index is 0. The third-order valence-electron chi connectivity index (χ3n) is 3.12. The number of benzene rings is 1. The molecule has 1 radical (unpaired) electrons. The van der Waals surface area contributed by atoms with Gasteiger partial charge in [0, 0.05) is 32.7 Å². The first-order valence-corrected chi connectivity index (χ1v) is 6.11. The fourth-order valence-electron chi connectivity index (χ4n) is 1.98. The summed E-state index contributed by atoms with van der Waals surface area (Å²) in [6, 6.07) is 7.74. The van der Waals surface area contributed by atoms with E-state index < -0.39 is 6.43 Å². The molecule has 0 N–H and O–H groups in total. The second kappa shape index (κ2) is 7.28. The Morgan fingerprint density at radius 2 is 1.80 bits per heavy atom. The molecule has 0 spiro atoms. The van der Waals surface area contributed by atoms with Crippen LogP contribution < -0.4 is 0 Å². The van der Waals surface area contributed by atoms with E-state index >= 15 is 0 Å². The van der Waals surface area contributed by atoms with Gasteiger partial charge in [0.1, 0.15) is 0 Å². The molecule has 0 saturated carbocycles. The maximum atomic E-state index is 12.7. The third kappa shape index (κ3) is 3.86. The molecule has 0 amide bonds. The van der Waals surface area contributed by atoms with Gasteiger partial charge in [0.15, 0.2) is 0 Å². The molecule has 0 bridgehead atoms. The van der Waals surface area contributed by atoms with Gasteiger partial charge in [-0.05, 0) is 12.6 Å². The van der Waals surface area contributed by atoms with Gasteiger partial charge in [-0.15, -0.1) is 17.7 Å². The number of allylic oxidation sites excluding steroid dienone is 3. The number of rotatable bonds is 3. The van der Waals surface area contributed by atoms with Crippen molar-refractivity contribution in [3.8, 4) is 0 Å². The van der Waals surface area contributed by atoms with Crippen LogP contribution in [-0.4, -0.2) is 17.9 Å². The van der Waals surface area contributed by atoms with Gasteiger partial charge in [-0.3, -0.25) is 0 Å². The van der Waals surface area contributed by atoms with Crippen LogP contribution in [0.4, 0.5) is 8.78 Å². The fraction of sp³-hybridized carbons (Fsp3) is 0.250. The molecular formula is C16H16F2NY-. The first-order valence-electron chi connectivity index (χ1n) is 6.11. The minimum atomic E-state index is -2.41. The summed E-state index contributed by atoms with van der Waals surface area (Å²) in [6.45, 7) is 7.36. The molecule has 0 aliphatic carbocycles. The van der Waals surface area contributed by atoms with Crippen LogP contribution in [0.25, 0.3) is 5.70 Å². The molecule has 0 fully saturated rings. The van der Waals surface area contributed by atoms with Gasteiger partial charge in [0.25, 0.3) is 6.43 Å². The molecule has 1 aromatic carbocycles. The van der Waals surface area contributed by atoms with E-state index in [0.717, 1.165) is 16.7 Å². The maximum Gasteiger partial charge on any atom is 0.256 e. The van der Waals surface area contributed by atoms with Crippen LogP contribution in [0.1, 0.15) is 18.1 Å². The summed E-state index contributed by atoms with van der Waals surface area (Å²) in [4.78, 5) is 1.53. The molecule has 1 aliphatic rings. The smallest absolute Gasteiger partial charge is 0.256 e. The van der Waals surface area contributed by atoms with Crippen LogP contribution >= 0.6 is 0 Å². The van der Waals surface area contributed by atoms with Crippen molar-refractivity contribution in [1.82, 2.24) is 4.90 Å². The van der Waals surface area contributed by atoms with Gasteiger partial charge >= 0.3 is 0 Å². The van der Waals surface area contributed by atoms with E-state index in [-0.39, 0.29) is 39.3 Å². The predicted molar refractivity (Wildman–Crippen MR) is 73.4 cm³/mol. The quantitative estimate of drug-likeness (QED) is 0.740. The van der Waals surface area contributed by atoms with Gasteiger partial charge in [0.05, 0.1) is 6.54 Å². The Balaban J connectivity index is 0.00000200. The Morgan fingerprint density at radius 1 is 1.20 bits per heavy atom. The molecule has 103 valence electrons. The summed E-state index contributed by atoms with van der Waals surface area (Å²) < 4.78 is 25.5. The molecule has 1 heterocycles. The molecular weight excluding hydrogens is 333 g/mol. The number of hydrogen-bond acceptors (Lipinski definition) is 1. The first kappa shape index (κ1) is 17.3. The van der Waals surface area contributed by atoms with E-state index in [1.807, 2.05) is 38.1 Å². The van der Waals surface area contributed by atoms with Gasteiger partial charge in [0.2, 0.25) is 0 Å². The van der Waals surface area contributed by atoms with Gasteiger partial charge in [-0.2, -0.15) is 12.2 Å². The topological polar surface area (TPSA) is 3.24 Å². The molecule has 0 unspecified atom stereocenters. The average molecular weight is 349 g/mol. The van der Waals surface area contributed by atoms with E-state index in [1.165, 1.54) is 4.90 Å². The molecule has 1 nitrogen and oxygen atoms in total. The van der Waals surface area contributed by atoms with Crippen molar-refractivity contribution in [3.05, 3.63) is 65.4 Å². The largest absolute Gasteiger partial charge is 0.370 e. The Bertz CT molecular complexity index is 544. The van der Waals surface area contributed by atoms with Crippen LogP contribution in [0.5, 0.6) is 0 Å². The second-order valence-electron chi connectivity index (χ2n) is 4.63. The molecule has 0 saturated heterocycles. The van der Waals surface area contributed by atoms with Crippen LogP contribution in [0, 0.1) is 13.0 Å². The molecule has 1 aliphatic heterocycles. The normalized spacial score (nSPS) is 14.8. The monoisotopic (exact) mass is 349 g/mol. The number of alkyl halides is 2. The van der Waals surface area contributed by atoms with Gasteiger partial charge in [-0.25, -0.2) is 8.78 Å². The van der Waals surface area contributed by atoms with Gasteiger partial charge < -0.3 is 4.90 Å². The van der Waals surface area contributed by atoms with E-state index in [1.54, 1.807) is 6.08 Å². The minimum Gasteiger partial charge on any atom is -0.370 e. The van der Waals surface area contributed by atoms with Crippen molar-refractivity contribution in [1.29, 1.82) is 0 Å². The Hall–Kier alpha value is -0.796. The van der Waals surface area contributed by atoms with Crippen molar-refractivity contribution in [2.24, 2.45) is 0 Å². The second-order valence-corrected chi connectivity index (χ2v) is 4.63. The number of hydrogen-bond donors (Lipinski definition) is 0. The Morgan fingerprint density at radius 3 is 2.35 bits per heavy atom. The Labute approximate surface area is 143 Å². The van der Waals surface area contributed by atoms with Crippen LogP contribution in [0.2, 0.25) is 0 Å². The fourth-order valence-corrected chi connectivity index (χ4v) is 1.98. The molecule has 20 heavy (non-hydrogen) atoms. The molecule has 0 aromatic heterocycles. The van der Waals surface area contributed by atoms with E-state index in [9.17, 15) is 8.78 Å². The van der Waals surface area contributed by atoms with Crippen LogP contribution in [-0.2, 0) is 32.7 Å². The van der Waals surface area contributed by atoms with Crippen molar-refractivity contribution in [2.75, 3.05) is 6.54 Å². The maximum absolute atomic E-state index is 12.7. The summed E-state index contributed by atoms with van der Waals surface area (Å²) in [6.07, 6.45) is 2.46. The molecule has 1 aromatic rings. The summed E-state index contributed by atoms with van der Waals surface area (Å²) in [5.74, 6) is 0. The Kier molecular flexibility index (Phi) is 6.28.